The zero-order valence-corrected chi connectivity index (χ0v) is 13.5. The summed E-state index contributed by atoms with van der Waals surface area (Å²) in [7, 11) is 0. The van der Waals surface area contributed by atoms with Gasteiger partial charge in [-0.3, -0.25) is 4.79 Å². The Balaban J connectivity index is 1.81. The molecule has 2 atom stereocenters. The normalized spacial score (nSPS) is 13.6. The molecule has 0 saturated heterocycles. The van der Waals surface area contributed by atoms with E-state index in [-0.39, 0.29) is 11.9 Å². The van der Waals surface area contributed by atoms with Crippen LogP contribution in [0.4, 0.5) is 5.69 Å². The van der Waals surface area contributed by atoms with E-state index >= 15 is 0 Å². The zero-order chi connectivity index (χ0) is 15.9. The van der Waals surface area contributed by atoms with Crippen molar-refractivity contribution in [1.29, 1.82) is 0 Å². The van der Waals surface area contributed by atoms with E-state index in [1.165, 1.54) is 5.56 Å². The van der Waals surface area contributed by atoms with Crippen molar-refractivity contribution in [2.24, 2.45) is 0 Å². The van der Waals surface area contributed by atoms with E-state index in [1.54, 1.807) is 6.26 Å². The summed E-state index contributed by atoms with van der Waals surface area (Å²) >= 11 is 0. The number of quaternary nitrogens is 1. The van der Waals surface area contributed by atoms with Crippen LogP contribution in [-0.2, 0) is 4.79 Å². The fourth-order valence-electron chi connectivity index (χ4n) is 2.29. The molecule has 2 aromatic rings. The molecule has 118 valence electrons. The summed E-state index contributed by atoms with van der Waals surface area (Å²) in [6.45, 7) is 6.77. The Morgan fingerprint density at radius 3 is 2.55 bits per heavy atom. The molecule has 22 heavy (non-hydrogen) atoms. The van der Waals surface area contributed by atoms with Gasteiger partial charge in [-0.25, -0.2) is 0 Å². The van der Waals surface area contributed by atoms with Gasteiger partial charge in [-0.2, -0.15) is 0 Å². The molecule has 3 N–H and O–H groups in total. The van der Waals surface area contributed by atoms with Gasteiger partial charge in [0, 0.05) is 5.69 Å². The highest BCUT2D eigenvalue weighted by atomic mass is 16.3. The van der Waals surface area contributed by atoms with Gasteiger partial charge in [-0.1, -0.05) is 26.0 Å². The number of nitrogens with two attached hydrogens (primary N) is 1. The molecule has 0 bridgehead atoms. The minimum absolute atomic E-state index is 0.00491. The fourth-order valence-corrected chi connectivity index (χ4v) is 2.29. The van der Waals surface area contributed by atoms with Crippen LogP contribution >= 0.6 is 0 Å². The lowest BCUT2D eigenvalue weighted by Gasteiger charge is -2.11. The van der Waals surface area contributed by atoms with E-state index in [1.807, 2.05) is 36.5 Å². The van der Waals surface area contributed by atoms with Gasteiger partial charge < -0.3 is 15.1 Å². The number of hydrogen-bond acceptors (Lipinski definition) is 2. The Labute approximate surface area is 131 Å². The molecule has 0 aliphatic heterocycles. The molecule has 1 amide bonds. The first kappa shape index (κ1) is 16.3. The van der Waals surface area contributed by atoms with E-state index in [4.69, 9.17) is 4.42 Å². The summed E-state index contributed by atoms with van der Waals surface area (Å²) in [5.74, 6) is 1.42. The summed E-state index contributed by atoms with van der Waals surface area (Å²) < 4.78 is 5.33. The number of carbonyl (C=O) groups excluding carboxylic acids is 1. The van der Waals surface area contributed by atoms with Crippen LogP contribution in [0, 0.1) is 0 Å². The van der Waals surface area contributed by atoms with Crippen molar-refractivity contribution in [2.75, 3.05) is 11.9 Å². The van der Waals surface area contributed by atoms with Gasteiger partial charge in [-0.05, 0) is 49.1 Å². The number of furan rings is 1. The predicted octanol–water partition coefficient (Wildman–Crippen LogP) is 3.06. The summed E-state index contributed by atoms with van der Waals surface area (Å²) in [6.07, 6.45) is 2.77. The van der Waals surface area contributed by atoms with E-state index < -0.39 is 0 Å². The Morgan fingerprint density at radius 1 is 1.23 bits per heavy atom. The Hall–Kier alpha value is -2.07. The summed E-state index contributed by atoms with van der Waals surface area (Å²) in [6, 6.07) is 12.0. The highest BCUT2D eigenvalue weighted by Gasteiger charge is 2.13. The van der Waals surface area contributed by atoms with Crippen molar-refractivity contribution in [1.82, 2.24) is 0 Å². The van der Waals surface area contributed by atoms with Gasteiger partial charge >= 0.3 is 0 Å². The largest absolute Gasteiger partial charge is 0.463 e. The van der Waals surface area contributed by atoms with Crippen LogP contribution in [-0.4, -0.2) is 12.5 Å². The monoisotopic (exact) mass is 301 g/mol. The van der Waals surface area contributed by atoms with Crippen molar-refractivity contribution in [3.8, 4) is 0 Å². The summed E-state index contributed by atoms with van der Waals surface area (Å²) in [4.78, 5) is 12.0. The van der Waals surface area contributed by atoms with Gasteiger partial charge in [0.25, 0.3) is 5.91 Å². The molecule has 1 aromatic carbocycles. The standard InChI is InChI=1S/C18H24N2O2/c1-4-13(2)15-7-9-16(10-8-15)20-18(21)12-19-14(3)17-6-5-11-22-17/h5-11,13-14,19H,4,12H2,1-3H3,(H,20,21)/p+1/t13-,14-/m0/s1. The topological polar surface area (TPSA) is 58.9 Å². The second kappa shape index (κ2) is 7.80. The maximum absolute atomic E-state index is 12.0. The third-order valence-corrected chi connectivity index (χ3v) is 4.02. The van der Waals surface area contributed by atoms with Crippen LogP contribution in [0.5, 0.6) is 0 Å². The lowest BCUT2D eigenvalue weighted by atomic mass is 9.99. The second-order valence-corrected chi connectivity index (χ2v) is 5.72. The Kier molecular flexibility index (Phi) is 5.78. The van der Waals surface area contributed by atoms with Crippen LogP contribution in [0.25, 0.3) is 0 Å². The van der Waals surface area contributed by atoms with Crippen molar-refractivity contribution in [3.05, 3.63) is 54.0 Å². The molecule has 0 unspecified atom stereocenters. The van der Waals surface area contributed by atoms with Gasteiger partial charge in [0.1, 0.15) is 6.04 Å². The maximum Gasteiger partial charge on any atom is 0.279 e. The molecule has 0 spiro atoms. The fraction of sp³-hybridized carbons (Fsp3) is 0.389. The molecule has 0 fully saturated rings. The number of hydrogen-bond donors (Lipinski definition) is 2. The lowest BCUT2D eigenvalue weighted by Crippen LogP contribution is -2.86. The highest BCUT2D eigenvalue weighted by Crippen LogP contribution is 2.20. The second-order valence-electron chi connectivity index (χ2n) is 5.72. The number of amides is 1. The van der Waals surface area contributed by atoms with Crippen LogP contribution < -0.4 is 10.6 Å². The first-order chi connectivity index (χ1) is 10.6. The van der Waals surface area contributed by atoms with Crippen molar-refractivity contribution in [2.45, 2.75) is 39.2 Å². The molecule has 2 rings (SSSR count). The van der Waals surface area contributed by atoms with E-state index in [0.29, 0.717) is 12.5 Å². The maximum atomic E-state index is 12.0. The van der Waals surface area contributed by atoms with Gasteiger partial charge in [0.15, 0.2) is 12.3 Å². The molecule has 1 aromatic heterocycles. The molecular formula is C18H25N2O2+. The molecule has 0 saturated carbocycles. The minimum Gasteiger partial charge on any atom is -0.463 e. The predicted molar refractivity (Wildman–Crippen MR) is 87.7 cm³/mol. The molecule has 0 aliphatic carbocycles. The number of benzene rings is 1. The Morgan fingerprint density at radius 2 is 1.95 bits per heavy atom. The van der Waals surface area contributed by atoms with E-state index in [2.05, 4.69) is 31.3 Å². The summed E-state index contributed by atoms with van der Waals surface area (Å²) in [5, 5.41) is 4.89. The first-order valence-corrected chi connectivity index (χ1v) is 7.86. The SMILES string of the molecule is CC[C@H](C)c1ccc(NC(=O)C[NH2+][C@@H](C)c2ccco2)cc1. The quantitative estimate of drug-likeness (QED) is 0.825. The van der Waals surface area contributed by atoms with Gasteiger partial charge in [0.2, 0.25) is 0 Å². The van der Waals surface area contributed by atoms with Gasteiger partial charge in [0.05, 0.1) is 6.26 Å². The highest BCUT2D eigenvalue weighted by molar-refractivity contribution is 5.91. The molecule has 0 radical (unpaired) electrons. The van der Waals surface area contributed by atoms with Crippen LogP contribution in [0.2, 0.25) is 0 Å². The van der Waals surface area contributed by atoms with Crippen molar-refractivity contribution >= 4 is 11.6 Å². The van der Waals surface area contributed by atoms with Crippen LogP contribution in [0.15, 0.2) is 47.1 Å². The third-order valence-electron chi connectivity index (χ3n) is 4.02. The molecule has 4 heteroatoms. The van der Waals surface area contributed by atoms with Crippen molar-refractivity contribution < 1.29 is 14.5 Å². The smallest absolute Gasteiger partial charge is 0.279 e. The molecule has 1 heterocycles. The molecule has 0 aliphatic rings. The van der Waals surface area contributed by atoms with Crippen molar-refractivity contribution in [3.63, 3.8) is 0 Å². The van der Waals surface area contributed by atoms with Crippen LogP contribution in [0.1, 0.15) is 50.5 Å². The zero-order valence-electron chi connectivity index (χ0n) is 13.5. The summed E-state index contributed by atoms with van der Waals surface area (Å²) in [5.41, 5.74) is 2.15. The van der Waals surface area contributed by atoms with Crippen LogP contribution in [0.3, 0.4) is 0 Å². The number of rotatable bonds is 7. The molecule has 4 nitrogen and oxygen atoms in total. The Bertz CT molecular complexity index is 576. The average Bonchev–Trinajstić information content (AvgIpc) is 3.07. The molecular weight excluding hydrogens is 276 g/mol. The lowest BCUT2D eigenvalue weighted by molar-refractivity contribution is -0.684. The van der Waals surface area contributed by atoms with Gasteiger partial charge in [-0.15, -0.1) is 0 Å². The third kappa shape index (κ3) is 4.46. The minimum atomic E-state index is -0.00491. The number of carbonyl (C=O) groups is 1. The van der Waals surface area contributed by atoms with E-state index in [9.17, 15) is 4.79 Å². The van der Waals surface area contributed by atoms with E-state index in [0.717, 1.165) is 17.9 Å². The first-order valence-electron chi connectivity index (χ1n) is 7.86. The number of nitrogens with one attached hydrogen (secondary N) is 1. The number of anilines is 1. The average molecular weight is 301 g/mol.